The van der Waals surface area contributed by atoms with Gasteiger partial charge in [0.15, 0.2) is 0 Å². The summed E-state index contributed by atoms with van der Waals surface area (Å²) in [6.45, 7) is 10.1. The number of hydrogen-bond acceptors (Lipinski definition) is 3. The van der Waals surface area contributed by atoms with Crippen LogP contribution in [-0.2, 0) is 13.1 Å². The second kappa shape index (κ2) is 5.85. The Labute approximate surface area is 110 Å². The predicted octanol–water partition coefficient (Wildman–Crippen LogP) is 1.72. The highest BCUT2D eigenvalue weighted by atomic mass is 15.1. The van der Waals surface area contributed by atoms with Crippen molar-refractivity contribution in [2.24, 2.45) is 5.41 Å². The minimum Gasteiger partial charge on any atom is -0.334 e. The van der Waals surface area contributed by atoms with Crippen molar-refractivity contribution in [1.29, 1.82) is 0 Å². The normalized spacial score (nSPS) is 20.2. The first-order valence-electron chi connectivity index (χ1n) is 7.01. The van der Waals surface area contributed by atoms with Gasteiger partial charge in [0.05, 0.1) is 12.0 Å². The lowest BCUT2D eigenvalue weighted by Crippen LogP contribution is -2.42. The van der Waals surface area contributed by atoms with Crippen molar-refractivity contribution in [1.82, 2.24) is 19.8 Å². The van der Waals surface area contributed by atoms with Crippen LogP contribution in [0.25, 0.3) is 0 Å². The molecule has 2 rings (SSSR count). The van der Waals surface area contributed by atoms with Gasteiger partial charge in [-0.25, -0.2) is 4.98 Å². The van der Waals surface area contributed by atoms with Gasteiger partial charge in [0.1, 0.15) is 0 Å². The van der Waals surface area contributed by atoms with Crippen molar-refractivity contribution < 1.29 is 0 Å². The van der Waals surface area contributed by atoms with E-state index in [2.05, 4.69) is 40.7 Å². The number of rotatable bonds is 5. The first kappa shape index (κ1) is 13.6. The van der Waals surface area contributed by atoms with Gasteiger partial charge in [-0.05, 0) is 45.3 Å². The van der Waals surface area contributed by atoms with Gasteiger partial charge in [-0.15, -0.1) is 0 Å². The number of hydrogen-bond donors (Lipinski definition) is 1. The van der Waals surface area contributed by atoms with Crippen LogP contribution in [0.3, 0.4) is 0 Å². The number of likely N-dealkylation sites (tertiary alicyclic amines) is 1. The van der Waals surface area contributed by atoms with Crippen LogP contribution in [0.4, 0.5) is 0 Å². The highest BCUT2D eigenvalue weighted by Gasteiger charge is 2.28. The van der Waals surface area contributed by atoms with E-state index in [-0.39, 0.29) is 0 Å². The molecule has 0 spiro atoms. The van der Waals surface area contributed by atoms with Crippen molar-refractivity contribution in [3.63, 3.8) is 0 Å². The van der Waals surface area contributed by atoms with Gasteiger partial charge in [-0.2, -0.15) is 0 Å². The molecule has 0 aliphatic carbocycles. The standard InChI is InChI=1S/C14H26N4/c1-4-18-12-16-10-13(18)9-15-11-14(2)5-7-17(3)8-6-14/h10,12,15H,4-9,11H2,1-3H3. The topological polar surface area (TPSA) is 33.1 Å². The molecule has 1 aliphatic heterocycles. The number of piperidine rings is 1. The summed E-state index contributed by atoms with van der Waals surface area (Å²) in [4.78, 5) is 6.63. The van der Waals surface area contributed by atoms with Gasteiger partial charge in [0.2, 0.25) is 0 Å². The third-order valence-corrected chi connectivity index (χ3v) is 4.19. The average Bonchev–Trinajstić information content (AvgIpc) is 2.81. The minimum atomic E-state index is 0.462. The van der Waals surface area contributed by atoms with E-state index < -0.39 is 0 Å². The fourth-order valence-corrected chi connectivity index (χ4v) is 2.61. The third kappa shape index (κ3) is 3.33. The Bertz CT molecular complexity index is 364. The Morgan fingerprint density at radius 3 is 2.78 bits per heavy atom. The van der Waals surface area contributed by atoms with Crippen LogP contribution in [0.5, 0.6) is 0 Å². The molecule has 102 valence electrons. The molecule has 0 aromatic carbocycles. The number of aromatic nitrogens is 2. The Kier molecular flexibility index (Phi) is 4.40. The fraction of sp³-hybridized carbons (Fsp3) is 0.786. The molecular weight excluding hydrogens is 224 g/mol. The third-order valence-electron chi connectivity index (χ3n) is 4.19. The van der Waals surface area contributed by atoms with Gasteiger partial charge in [-0.3, -0.25) is 0 Å². The van der Waals surface area contributed by atoms with E-state index in [0.717, 1.165) is 19.6 Å². The molecule has 18 heavy (non-hydrogen) atoms. The Morgan fingerprint density at radius 2 is 2.11 bits per heavy atom. The summed E-state index contributed by atoms with van der Waals surface area (Å²) in [5.74, 6) is 0. The van der Waals surface area contributed by atoms with Crippen molar-refractivity contribution in [2.75, 3.05) is 26.7 Å². The summed E-state index contributed by atoms with van der Waals surface area (Å²) in [6, 6.07) is 0. The van der Waals surface area contributed by atoms with Gasteiger partial charge < -0.3 is 14.8 Å². The molecule has 1 aromatic heterocycles. The first-order valence-corrected chi connectivity index (χ1v) is 7.01. The summed E-state index contributed by atoms with van der Waals surface area (Å²) in [5.41, 5.74) is 1.75. The molecule has 1 saturated heterocycles. The summed E-state index contributed by atoms with van der Waals surface area (Å²) in [6.07, 6.45) is 6.47. The molecule has 1 N–H and O–H groups in total. The van der Waals surface area contributed by atoms with Crippen LogP contribution in [0.15, 0.2) is 12.5 Å². The zero-order valence-corrected chi connectivity index (χ0v) is 11.9. The lowest BCUT2D eigenvalue weighted by Gasteiger charge is -2.38. The van der Waals surface area contributed by atoms with Crippen LogP contribution in [-0.4, -0.2) is 41.1 Å². The number of aryl methyl sites for hydroxylation is 1. The number of nitrogens with zero attached hydrogens (tertiary/aromatic N) is 3. The van der Waals surface area contributed by atoms with Crippen molar-refractivity contribution >= 4 is 0 Å². The monoisotopic (exact) mass is 250 g/mol. The summed E-state index contributed by atoms with van der Waals surface area (Å²) in [7, 11) is 2.22. The highest BCUT2D eigenvalue weighted by molar-refractivity contribution is 4.98. The van der Waals surface area contributed by atoms with Gasteiger partial charge in [0, 0.05) is 25.8 Å². The molecular formula is C14H26N4. The smallest absolute Gasteiger partial charge is 0.0948 e. The molecule has 0 radical (unpaired) electrons. The fourth-order valence-electron chi connectivity index (χ4n) is 2.61. The largest absolute Gasteiger partial charge is 0.334 e. The first-order chi connectivity index (χ1) is 8.63. The molecule has 1 fully saturated rings. The van der Waals surface area contributed by atoms with E-state index in [4.69, 9.17) is 0 Å². The van der Waals surface area contributed by atoms with Crippen molar-refractivity contribution in [2.45, 2.75) is 39.8 Å². The second-order valence-corrected chi connectivity index (χ2v) is 5.89. The Balaban J connectivity index is 1.78. The minimum absolute atomic E-state index is 0.462. The molecule has 1 aliphatic rings. The lowest BCUT2D eigenvalue weighted by molar-refractivity contribution is 0.136. The SMILES string of the molecule is CCn1cncc1CNCC1(C)CCN(C)CC1. The lowest BCUT2D eigenvalue weighted by atomic mass is 9.80. The molecule has 4 heteroatoms. The van der Waals surface area contributed by atoms with Crippen LogP contribution >= 0.6 is 0 Å². The molecule has 1 aromatic rings. The van der Waals surface area contributed by atoms with E-state index in [9.17, 15) is 0 Å². The zero-order valence-electron chi connectivity index (χ0n) is 11.9. The summed E-state index contributed by atoms with van der Waals surface area (Å²) < 4.78 is 2.20. The van der Waals surface area contributed by atoms with Gasteiger partial charge in [-0.1, -0.05) is 6.92 Å². The summed E-state index contributed by atoms with van der Waals surface area (Å²) >= 11 is 0. The second-order valence-electron chi connectivity index (χ2n) is 5.89. The van der Waals surface area contributed by atoms with Gasteiger partial charge in [0.25, 0.3) is 0 Å². The van der Waals surface area contributed by atoms with Crippen LogP contribution in [0.2, 0.25) is 0 Å². The van der Waals surface area contributed by atoms with Crippen molar-refractivity contribution in [3.05, 3.63) is 18.2 Å². The van der Waals surface area contributed by atoms with E-state index in [1.54, 1.807) is 0 Å². The van der Waals surface area contributed by atoms with Crippen molar-refractivity contribution in [3.8, 4) is 0 Å². The number of nitrogens with one attached hydrogen (secondary N) is 1. The van der Waals surface area contributed by atoms with Gasteiger partial charge >= 0.3 is 0 Å². The molecule has 0 unspecified atom stereocenters. The molecule has 2 heterocycles. The molecule has 0 amide bonds. The maximum atomic E-state index is 4.20. The molecule has 4 nitrogen and oxygen atoms in total. The maximum Gasteiger partial charge on any atom is 0.0948 e. The molecule has 0 bridgehead atoms. The van der Waals surface area contributed by atoms with E-state index >= 15 is 0 Å². The predicted molar refractivity (Wildman–Crippen MR) is 74.4 cm³/mol. The van der Waals surface area contributed by atoms with E-state index in [1.165, 1.54) is 31.6 Å². The molecule has 0 saturated carbocycles. The maximum absolute atomic E-state index is 4.20. The highest BCUT2D eigenvalue weighted by Crippen LogP contribution is 2.29. The Morgan fingerprint density at radius 1 is 1.39 bits per heavy atom. The zero-order chi connectivity index (χ0) is 13.0. The molecule has 0 atom stereocenters. The Hall–Kier alpha value is -0.870. The van der Waals surface area contributed by atoms with Crippen LogP contribution in [0.1, 0.15) is 32.4 Å². The summed E-state index contributed by atoms with van der Waals surface area (Å²) in [5, 5.41) is 3.61. The average molecular weight is 250 g/mol. The van der Waals surface area contributed by atoms with Crippen LogP contribution in [0, 0.1) is 5.41 Å². The number of imidazole rings is 1. The quantitative estimate of drug-likeness (QED) is 0.864. The van der Waals surface area contributed by atoms with E-state index in [0.29, 0.717) is 5.41 Å². The van der Waals surface area contributed by atoms with E-state index in [1.807, 2.05) is 12.5 Å². The van der Waals surface area contributed by atoms with Crippen LogP contribution < -0.4 is 5.32 Å².